The molecule has 213 valence electrons. The fourth-order valence-corrected chi connectivity index (χ4v) is 4.95. The zero-order valence-electron chi connectivity index (χ0n) is 20.7. The number of nitrogens with two attached hydrogens (primary N) is 1. The monoisotopic (exact) mass is 568 g/mol. The Morgan fingerprint density at radius 3 is 2.52 bits per heavy atom. The lowest BCUT2D eigenvalue weighted by Crippen LogP contribution is -2.74. The van der Waals surface area contributed by atoms with E-state index >= 15 is 0 Å². The Morgan fingerprint density at radius 1 is 1.15 bits per heavy atom. The number of ether oxygens (including phenoxy) is 1. The first-order valence-corrected chi connectivity index (χ1v) is 11.9. The molecule has 2 atom stereocenters. The molecule has 40 heavy (non-hydrogen) atoms. The number of hydrogen-bond acceptors (Lipinski definition) is 6. The molecule has 5 amide bonds. The smallest absolute Gasteiger partial charge is 0.376 e. The molecule has 2 aromatic rings. The summed E-state index contributed by atoms with van der Waals surface area (Å²) >= 11 is 0. The third-order valence-corrected chi connectivity index (χ3v) is 6.60. The van der Waals surface area contributed by atoms with Gasteiger partial charge in [-0.25, -0.2) is 13.6 Å². The molecule has 10 nitrogen and oxygen atoms in total. The van der Waals surface area contributed by atoms with Gasteiger partial charge in [-0.1, -0.05) is 12.1 Å². The van der Waals surface area contributed by atoms with E-state index in [1.54, 1.807) is 6.07 Å². The highest BCUT2D eigenvalue weighted by Gasteiger charge is 2.67. The number of halogens is 5. The van der Waals surface area contributed by atoms with E-state index in [0.29, 0.717) is 6.07 Å². The summed E-state index contributed by atoms with van der Waals surface area (Å²) < 4.78 is 72.0. The largest absolute Gasteiger partial charge is 0.406 e. The van der Waals surface area contributed by atoms with Crippen molar-refractivity contribution in [1.29, 1.82) is 0 Å². The third-order valence-electron chi connectivity index (χ3n) is 6.60. The number of carbonyl (C=O) groups excluding carboxylic acids is 4. The number of fused-ring (bicyclic) bond motifs is 1. The molecule has 4 rings (SSSR count). The van der Waals surface area contributed by atoms with Crippen LogP contribution in [0.15, 0.2) is 42.6 Å². The third kappa shape index (κ3) is 5.59. The van der Waals surface area contributed by atoms with Crippen LogP contribution in [0, 0.1) is 18.1 Å². The number of piperazine rings is 1. The standard InChI is InChI=1S/C25H23F5N5O5/c26-16-5-4-15(18(27)11-16)13-40-10-6-19(36)33-8-9-35-23(39)34(14-25(28,29)30)22(38)24(35,20(33)21(31)37)12-17-3-1-2-7-32-17/h1-7,11,20H,8-10,12-14H2,(H2,31,37). The highest BCUT2D eigenvalue weighted by atomic mass is 19.4. The summed E-state index contributed by atoms with van der Waals surface area (Å²) in [7, 11) is 0. The number of pyridine rings is 1. The number of rotatable bonds is 9. The van der Waals surface area contributed by atoms with Gasteiger partial charge in [0.2, 0.25) is 11.8 Å². The summed E-state index contributed by atoms with van der Waals surface area (Å²) in [5.41, 5.74) is 3.52. The molecule has 0 aliphatic carbocycles. The summed E-state index contributed by atoms with van der Waals surface area (Å²) in [4.78, 5) is 58.4. The highest BCUT2D eigenvalue weighted by Crippen LogP contribution is 2.40. The van der Waals surface area contributed by atoms with E-state index in [1.807, 2.05) is 0 Å². The van der Waals surface area contributed by atoms with E-state index in [0.717, 1.165) is 28.4 Å². The van der Waals surface area contributed by atoms with E-state index in [2.05, 4.69) is 4.98 Å². The Hall–Kier alpha value is -4.14. The number of nitrogens with zero attached hydrogens (tertiary/aromatic N) is 4. The minimum Gasteiger partial charge on any atom is -0.376 e. The average molecular weight is 568 g/mol. The van der Waals surface area contributed by atoms with Crippen LogP contribution in [0.3, 0.4) is 0 Å². The number of alkyl halides is 3. The number of hydrogen-bond donors (Lipinski definition) is 1. The number of carbonyl (C=O) groups is 4. The predicted molar refractivity (Wildman–Crippen MR) is 126 cm³/mol. The lowest BCUT2D eigenvalue weighted by Gasteiger charge is -2.49. The molecular formula is C25H23F5N5O5. The van der Waals surface area contributed by atoms with Gasteiger partial charge in [-0.15, -0.1) is 0 Å². The van der Waals surface area contributed by atoms with Gasteiger partial charge in [0.15, 0.2) is 5.54 Å². The highest BCUT2D eigenvalue weighted by molar-refractivity contribution is 6.11. The molecular weight excluding hydrogens is 545 g/mol. The number of imide groups is 1. The van der Waals surface area contributed by atoms with Gasteiger partial charge in [-0.2, -0.15) is 13.2 Å². The van der Waals surface area contributed by atoms with E-state index in [1.165, 1.54) is 18.3 Å². The average Bonchev–Trinajstić information content (AvgIpc) is 3.07. The van der Waals surface area contributed by atoms with Gasteiger partial charge in [0, 0.05) is 43.0 Å². The second kappa shape index (κ2) is 11.2. The zero-order chi connectivity index (χ0) is 29.2. The lowest BCUT2D eigenvalue weighted by molar-refractivity contribution is -0.161. The van der Waals surface area contributed by atoms with Gasteiger partial charge in [0.25, 0.3) is 5.91 Å². The minimum absolute atomic E-state index is 0.00305. The van der Waals surface area contributed by atoms with Crippen molar-refractivity contribution < 1.29 is 45.9 Å². The number of primary amides is 1. The number of amides is 5. The normalized spacial score (nSPS) is 21.1. The maximum absolute atomic E-state index is 13.8. The predicted octanol–water partition coefficient (Wildman–Crippen LogP) is 1.58. The van der Waals surface area contributed by atoms with Crippen LogP contribution in [0.4, 0.5) is 26.7 Å². The SMILES string of the molecule is NC(=O)C1N(C(=O)[CH]COCc2ccc(F)cc2F)CCN2C(=O)N(CC(F)(F)F)C(=O)C12Cc1ccccn1. The van der Waals surface area contributed by atoms with Crippen LogP contribution in [0.5, 0.6) is 0 Å². The van der Waals surface area contributed by atoms with Crippen LogP contribution in [-0.4, -0.2) is 87.4 Å². The van der Waals surface area contributed by atoms with Crippen molar-refractivity contribution in [3.05, 3.63) is 71.9 Å². The summed E-state index contributed by atoms with van der Waals surface area (Å²) in [6.45, 7) is -3.34. The van der Waals surface area contributed by atoms with Crippen LogP contribution in [0.25, 0.3) is 0 Å². The van der Waals surface area contributed by atoms with Crippen molar-refractivity contribution in [1.82, 2.24) is 19.7 Å². The first-order chi connectivity index (χ1) is 18.8. The van der Waals surface area contributed by atoms with E-state index in [-0.39, 0.29) is 35.9 Å². The van der Waals surface area contributed by atoms with Crippen LogP contribution >= 0.6 is 0 Å². The van der Waals surface area contributed by atoms with E-state index < -0.39 is 72.7 Å². The van der Waals surface area contributed by atoms with Crippen molar-refractivity contribution in [3.8, 4) is 0 Å². The van der Waals surface area contributed by atoms with Crippen LogP contribution < -0.4 is 5.73 Å². The second-order valence-electron chi connectivity index (χ2n) is 9.15. The summed E-state index contributed by atoms with van der Waals surface area (Å²) in [5, 5.41) is 0. The van der Waals surface area contributed by atoms with Crippen LogP contribution in [-0.2, 0) is 32.1 Å². The summed E-state index contributed by atoms with van der Waals surface area (Å²) in [6.07, 6.45) is -3.11. The van der Waals surface area contributed by atoms with E-state index in [4.69, 9.17) is 10.5 Å². The molecule has 2 unspecified atom stereocenters. The molecule has 0 bridgehead atoms. The Balaban J connectivity index is 1.60. The molecule has 2 aliphatic heterocycles. The molecule has 1 aromatic heterocycles. The molecule has 0 saturated carbocycles. The van der Waals surface area contributed by atoms with Gasteiger partial charge in [0.1, 0.15) is 24.2 Å². The molecule has 1 aromatic carbocycles. The Kier molecular flexibility index (Phi) is 8.05. The number of urea groups is 1. The molecule has 2 N–H and O–H groups in total. The van der Waals surface area contributed by atoms with Crippen molar-refractivity contribution in [2.45, 2.75) is 30.8 Å². The van der Waals surface area contributed by atoms with Gasteiger partial charge in [-0.05, 0) is 18.2 Å². The molecule has 2 fully saturated rings. The van der Waals surface area contributed by atoms with Crippen molar-refractivity contribution >= 4 is 23.8 Å². The maximum atomic E-state index is 13.8. The maximum Gasteiger partial charge on any atom is 0.406 e. The Labute approximate surface area is 224 Å². The molecule has 15 heteroatoms. The quantitative estimate of drug-likeness (QED) is 0.278. The Morgan fingerprint density at radius 2 is 1.90 bits per heavy atom. The number of benzene rings is 1. The van der Waals surface area contributed by atoms with Gasteiger partial charge < -0.3 is 20.3 Å². The van der Waals surface area contributed by atoms with Crippen molar-refractivity contribution in [3.63, 3.8) is 0 Å². The number of aromatic nitrogens is 1. The molecule has 3 heterocycles. The van der Waals surface area contributed by atoms with E-state index in [9.17, 15) is 41.1 Å². The topological polar surface area (TPSA) is 126 Å². The van der Waals surface area contributed by atoms with Crippen molar-refractivity contribution in [2.75, 3.05) is 26.2 Å². The van der Waals surface area contributed by atoms with Gasteiger partial charge in [-0.3, -0.25) is 24.3 Å². The van der Waals surface area contributed by atoms with Crippen molar-refractivity contribution in [2.24, 2.45) is 5.73 Å². The first kappa shape index (κ1) is 28.9. The lowest BCUT2D eigenvalue weighted by atomic mass is 9.80. The fraction of sp³-hybridized carbons (Fsp3) is 0.360. The van der Waals surface area contributed by atoms with Gasteiger partial charge in [0.05, 0.1) is 19.6 Å². The first-order valence-electron chi connectivity index (χ1n) is 11.9. The molecule has 1 radical (unpaired) electrons. The fourth-order valence-electron chi connectivity index (χ4n) is 4.95. The van der Waals surface area contributed by atoms with Crippen LogP contribution in [0.2, 0.25) is 0 Å². The second-order valence-corrected chi connectivity index (χ2v) is 9.15. The summed E-state index contributed by atoms with van der Waals surface area (Å²) in [6, 6.07) is 4.26. The Bertz CT molecular complexity index is 1310. The van der Waals surface area contributed by atoms with Crippen LogP contribution in [0.1, 0.15) is 11.3 Å². The van der Waals surface area contributed by atoms with Gasteiger partial charge >= 0.3 is 12.2 Å². The minimum atomic E-state index is -4.93. The zero-order valence-corrected chi connectivity index (χ0v) is 20.7. The molecule has 2 aliphatic rings. The molecule has 2 saturated heterocycles. The molecule has 0 spiro atoms. The summed E-state index contributed by atoms with van der Waals surface area (Å²) in [5.74, 6) is -5.08.